The first-order chi connectivity index (χ1) is 19.8. The van der Waals surface area contributed by atoms with E-state index >= 15 is 0 Å². The summed E-state index contributed by atoms with van der Waals surface area (Å²) in [6.45, 7) is 4.56. The number of hydrogen-bond acceptors (Lipinski definition) is 0. The van der Waals surface area contributed by atoms with E-state index in [1.807, 2.05) is 0 Å². The van der Waals surface area contributed by atoms with E-state index < -0.39 is 21.3 Å². The van der Waals surface area contributed by atoms with Crippen LogP contribution in [0.3, 0.4) is 0 Å². The molecule has 3 heteroatoms. The van der Waals surface area contributed by atoms with E-state index in [1.54, 1.807) is 15.3 Å². The van der Waals surface area contributed by atoms with Gasteiger partial charge in [-0.1, -0.05) is 0 Å². The van der Waals surface area contributed by atoms with E-state index in [4.69, 9.17) is 0 Å². The Morgan fingerprint density at radius 1 is 0.667 bits per heavy atom. The topological polar surface area (TPSA) is 0 Å². The summed E-state index contributed by atoms with van der Waals surface area (Å²) in [6.07, 6.45) is 16.6. The molecule has 4 aromatic rings. The first-order valence-corrected chi connectivity index (χ1v) is 18.9. The average Bonchev–Trinajstić information content (AvgIpc) is 3.67. The summed E-state index contributed by atoms with van der Waals surface area (Å²) in [5.41, 5.74) is 11.7. The van der Waals surface area contributed by atoms with Gasteiger partial charge in [0.25, 0.3) is 0 Å². The SMILES string of the molecule is CCCCc1ccc([C](c2ccc(CCCC)cc2)=[Zr+2]([C]2=CC=CC2)[c]2cccc3c2Cc2ccccc2-3)cc1.[Cl-].[Cl-]. The van der Waals surface area contributed by atoms with Crippen LogP contribution in [-0.2, 0) is 40.5 Å². The molecule has 0 amide bonds. The van der Waals surface area contributed by atoms with Gasteiger partial charge in [0.15, 0.2) is 0 Å². The largest absolute Gasteiger partial charge is 1.00 e. The van der Waals surface area contributed by atoms with Crippen LogP contribution in [0.15, 0.2) is 113 Å². The quantitative estimate of drug-likeness (QED) is 0.214. The molecule has 0 heterocycles. The maximum Gasteiger partial charge on any atom is -1.00 e. The Labute approximate surface area is 273 Å². The Balaban J connectivity index is 0.00000202. The van der Waals surface area contributed by atoms with Gasteiger partial charge in [0.2, 0.25) is 0 Å². The van der Waals surface area contributed by atoms with Crippen molar-refractivity contribution in [3.8, 4) is 11.1 Å². The normalized spacial score (nSPS) is 12.4. The molecular weight excluding hydrogens is 631 g/mol. The molecule has 0 saturated carbocycles. The molecule has 0 N–H and O–H groups in total. The summed E-state index contributed by atoms with van der Waals surface area (Å²) >= 11 is -2.56. The molecule has 0 radical (unpaired) electrons. The van der Waals surface area contributed by atoms with Crippen molar-refractivity contribution in [2.75, 3.05) is 0 Å². The maximum absolute atomic E-state index is 2.56. The van der Waals surface area contributed by atoms with Crippen molar-refractivity contribution in [2.45, 2.75) is 65.2 Å². The molecular formula is C39H40Cl2Zr. The van der Waals surface area contributed by atoms with E-state index in [1.165, 1.54) is 77.5 Å². The maximum atomic E-state index is 2.49. The number of unbranched alkanes of at least 4 members (excludes halogenated alkanes) is 2. The van der Waals surface area contributed by atoms with Crippen LogP contribution in [0.25, 0.3) is 11.1 Å². The second-order valence-corrected chi connectivity index (χ2v) is 17.3. The number of aryl methyl sites for hydroxylation is 2. The third kappa shape index (κ3) is 6.91. The fourth-order valence-electron chi connectivity index (χ4n) is 6.39. The summed E-state index contributed by atoms with van der Waals surface area (Å²) < 4.78 is 4.98. The van der Waals surface area contributed by atoms with Crippen LogP contribution in [-0.4, -0.2) is 3.21 Å². The molecule has 0 atom stereocenters. The minimum Gasteiger partial charge on any atom is -1.00 e. The molecule has 6 rings (SSSR count). The van der Waals surface area contributed by atoms with Gasteiger partial charge in [-0.25, -0.2) is 0 Å². The van der Waals surface area contributed by atoms with Gasteiger partial charge in [0.05, 0.1) is 0 Å². The Morgan fingerprint density at radius 3 is 1.83 bits per heavy atom. The van der Waals surface area contributed by atoms with Crippen LogP contribution in [0.1, 0.15) is 79.3 Å². The molecule has 0 bridgehead atoms. The smallest absolute Gasteiger partial charge is 1.00 e. The number of halogens is 2. The fourth-order valence-corrected chi connectivity index (χ4v) is 14.3. The van der Waals surface area contributed by atoms with Gasteiger partial charge in [-0.3, -0.25) is 0 Å². The first-order valence-electron chi connectivity index (χ1n) is 15.3. The molecule has 0 unspecified atom stereocenters. The van der Waals surface area contributed by atoms with Crippen molar-refractivity contribution in [3.05, 3.63) is 146 Å². The van der Waals surface area contributed by atoms with Gasteiger partial charge in [-0.05, 0) is 0 Å². The van der Waals surface area contributed by atoms with Gasteiger partial charge >= 0.3 is 250 Å². The summed E-state index contributed by atoms with van der Waals surface area (Å²) in [4.78, 5) is 0. The molecule has 4 aromatic carbocycles. The third-order valence-electron chi connectivity index (χ3n) is 8.59. The molecule has 0 saturated heterocycles. The van der Waals surface area contributed by atoms with Crippen molar-refractivity contribution >= 4 is 6.48 Å². The molecule has 2 aliphatic carbocycles. The van der Waals surface area contributed by atoms with Crippen molar-refractivity contribution in [2.24, 2.45) is 0 Å². The van der Waals surface area contributed by atoms with Gasteiger partial charge in [-0.2, -0.15) is 0 Å². The first kappa shape index (κ1) is 32.6. The van der Waals surface area contributed by atoms with E-state index in [-0.39, 0.29) is 24.8 Å². The van der Waals surface area contributed by atoms with Gasteiger partial charge < -0.3 is 24.8 Å². The predicted octanol–water partition coefficient (Wildman–Crippen LogP) is 3.31. The van der Waals surface area contributed by atoms with Crippen molar-refractivity contribution in [1.29, 1.82) is 0 Å². The van der Waals surface area contributed by atoms with Gasteiger partial charge in [-0.15, -0.1) is 0 Å². The summed E-state index contributed by atoms with van der Waals surface area (Å²) in [5.74, 6) is 0. The second-order valence-electron chi connectivity index (χ2n) is 11.3. The zero-order valence-corrected chi connectivity index (χ0v) is 28.8. The van der Waals surface area contributed by atoms with Crippen LogP contribution in [0.2, 0.25) is 0 Å². The zero-order chi connectivity index (χ0) is 27.3. The summed E-state index contributed by atoms with van der Waals surface area (Å²) in [5, 5.41) is 0. The molecule has 2 aliphatic rings. The van der Waals surface area contributed by atoms with E-state index in [2.05, 4.69) is 123 Å². The number of allylic oxidation sites excluding steroid dienone is 4. The summed E-state index contributed by atoms with van der Waals surface area (Å²) in [7, 11) is 0. The Bertz CT molecular complexity index is 1540. The van der Waals surface area contributed by atoms with E-state index in [0.29, 0.717) is 0 Å². The molecule has 0 fully saturated rings. The van der Waals surface area contributed by atoms with Gasteiger partial charge in [0.1, 0.15) is 0 Å². The third-order valence-corrected chi connectivity index (χ3v) is 16.2. The van der Waals surface area contributed by atoms with Crippen LogP contribution in [0.5, 0.6) is 0 Å². The summed E-state index contributed by atoms with van der Waals surface area (Å²) in [6, 6.07) is 35.6. The van der Waals surface area contributed by atoms with Crippen molar-refractivity contribution in [3.63, 3.8) is 0 Å². The molecule has 0 spiro atoms. The number of hydrogen-bond donors (Lipinski definition) is 0. The Kier molecular flexibility index (Phi) is 12.0. The number of rotatable bonds is 10. The molecule has 0 aliphatic heterocycles. The van der Waals surface area contributed by atoms with Gasteiger partial charge in [0, 0.05) is 0 Å². The Hall–Kier alpha value is -2.31. The fraction of sp³-hybridized carbons (Fsp3) is 0.256. The average molecular weight is 671 g/mol. The standard InChI is InChI=1S/C21H26.C13H9.C5H5.2ClH.Zr/c1-3-5-7-18-9-13-20(14-10-18)17-21-15-11-19(12-16-21)8-6-4-2;1-3-7-12-10(5-1)9-11-6-2-4-8-13(11)12;1-2-4-5-3-1;;;/h9-16H,3-8H2,1-2H3;1-5,7-8H,9H2;1-3H,4H2;2*1H;/q;;;;;+2/p-2. The van der Waals surface area contributed by atoms with Crippen LogP contribution in [0, 0.1) is 0 Å². The van der Waals surface area contributed by atoms with E-state index in [9.17, 15) is 0 Å². The van der Waals surface area contributed by atoms with Crippen molar-refractivity contribution in [1.82, 2.24) is 0 Å². The van der Waals surface area contributed by atoms with Crippen LogP contribution < -0.4 is 28.1 Å². The van der Waals surface area contributed by atoms with Crippen LogP contribution in [0.4, 0.5) is 0 Å². The number of fused-ring (bicyclic) bond motifs is 3. The zero-order valence-electron chi connectivity index (χ0n) is 24.8. The molecule has 0 aromatic heterocycles. The predicted molar refractivity (Wildman–Crippen MR) is 169 cm³/mol. The van der Waals surface area contributed by atoms with Crippen molar-refractivity contribution < 1.29 is 46.1 Å². The number of benzene rings is 4. The minimum absolute atomic E-state index is 0. The van der Waals surface area contributed by atoms with Crippen LogP contribution >= 0.6 is 0 Å². The monoisotopic (exact) mass is 668 g/mol. The second kappa shape index (κ2) is 15.4. The van der Waals surface area contributed by atoms with E-state index in [0.717, 1.165) is 12.8 Å². The molecule has 214 valence electrons. The minimum atomic E-state index is -2.56. The Morgan fingerprint density at radius 2 is 1.26 bits per heavy atom. The molecule has 0 nitrogen and oxygen atoms in total. The molecule has 42 heavy (non-hydrogen) atoms.